The van der Waals surface area contributed by atoms with Gasteiger partial charge in [-0.3, -0.25) is 0 Å². The zero-order valence-corrected chi connectivity index (χ0v) is 9.58. The van der Waals surface area contributed by atoms with Crippen molar-refractivity contribution in [3.63, 3.8) is 0 Å². The minimum Gasteiger partial charge on any atom is -0.370 e. The van der Waals surface area contributed by atoms with Crippen LogP contribution < -0.4 is 0 Å². The summed E-state index contributed by atoms with van der Waals surface area (Å²) in [6.45, 7) is 4.46. The van der Waals surface area contributed by atoms with Crippen LogP contribution in [-0.4, -0.2) is 12.2 Å². The van der Waals surface area contributed by atoms with Crippen LogP contribution in [0.3, 0.4) is 0 Å². The van der Waals surface area contributed by atoms with Crippen LogP contribution in [-0.2, 0) is 4.74 Å². The van der Waals surface area contributed by atoms with Gasteiger partial charge in [0, 0.05) is 0 Å². The second-order valence-corrected chi connectivity index (χ2v) is 4.88. The average Bonchev–Trinajstić information content (AvgIpc) is 2.78. The summed E-state index contributed by atoms with van der Waals surface area (Å²) in [5.41, 5.74) is 0.134. The molecule has 15 heavy (non-hydrogen) atoms. The molecular weight excluding hydrogens is 184 g/mol. The van der Waals surface area contributed by atoms with Gasteiger partial charge in [0.25, 0.3) is 0 Å². The zero-order valence-electron chi connectivity index (χ0n) is 9.58. The Balaban J connectivity index is 2.00. The molecule has 0 saturated heterocycles. The third kappa shape index (κ3) is 2.34. The van der Waals surface area contributed by atoms with Gasteiger partial charge in [0.05, 0.1) is 12.2 Å². The molecule has 0 aromatic carbocycles. The lowest BCUT2D eigenvalue weighted by Crippen LogP contribution is -2.39. The molecule has 0 atom stereocenters. The molecule has 1 saturated carbocycles. The molecule has 2 aliphatic rings. The molecule has 0 aromatic rings. The van der Waals surface area contributed by atoms with Gasteiger partial charge in [-0.05, 0) is 31.6 Å². The summed E-state index contributed by atoms with van der Waals surface area (Å²) in [6.07, 6.45) is 15.6. The highest BCUT2D eigenvalue weighted by atomic mass is 16.5. The Kier molecular flexibility index (Phi) is 3.63. The van der Waals surface area contributed by atoms with Gasteiger partial charge in [-0.15, -0.1) is 6.58 Å². The Morgan fingerprint density at radius 3 is 2.47 bits per heavy atom. The summed E-state index contributed by atoms with van der Waals surface area (Å²) >= 11 is 0. The molecule has 0 radical (unpaired) electrons. The molecule has 0 bridgehead atoms. The van der Waals surface area contributed by atoms with Crippen LogP contribution in [0.1, 0.15) is 44.9 Å². The third-order valence-electron chi connectivity index (χ3n) is 3.93. The van der Waals surface area contributed by atoms with Crippen molar-refractivity contribution in [3.8, 4) is 0 Å². The molecule has 2 rings (SSSR count). The lowest BCUT2D eigenvalue weighted by Gasteiger charge is -2.39. The Bertz CT molecular complexity index is 228. The minimum atomic E-state index is 0.134. The molecule has 0 heterocycles. The van der Waals surface area contributed by atoms with Crippen molar-refractivity contribution in [2.24, 2.45) is 5.92 Å². The molecule has 1 heteroatoms. The molecule has 0 amide bonds. The summed E-state index contributed by atoms with van der Waals surface area (Å²) in [4.78, 5) is 0. The van der Waals surface area contributed by atoms with E-state index in [0.717, 1.165) is 18.8 Å². The fraction of sp³-hybridized carbons (Fsp3) is 0.714. The van der Waals surface area contributed by atoms with Crippen molar-refractivity contribution in [1.82, 2.24) is 0 Å². The van der Waals surface area contributed by atoms with Crippen molar-refractivity contribution >= 4 is 0 Å². The molecule has 84 valence electrons. The first kappa shape index (κ1) is 10.9. The van der Waals surface area contributed by atoms with Crippen molar-refractivity contribution < 1.29 is 4.74 Å². The van der Waals surface area contributed by atoms with E-state index in [-0.39, 0.29) is 5.60 Å². The van der Waals surface area contributed by atoms with E-state index in [2.05, 4.69) is 18.7 Å². The molecule has 2 aliphatic carbocycles. The fourth-order valence-corrected chi connectivity index (χ4v) is 3.07. The molecule has 1 nitrogen and oxygen atoms in total. The standard InChI is InChI=1S/C14H22O/c1-2-12-15-14(10-6-7-11-14)13-8-4-3-5-9-13/h2,6-7,13H,1,3-5,8-12H2. The maximum Gasteiger partial charge on any atom is 0.0783 e. The predicted molar refractivity (Wildman–Crippen MR) is 63.8 cm³/mol. The van der Waals surface area contributed by atoms with Crippen LogP contribution in [0, 0.1) is 5.92 Å². The van der Waals surface area contributed by atoms with Gasteiger partial charge in [0.1, 0.15) is 0 Å². The van der Waals surface area contributed by atoms with E-state index in [1.165, 1.54) is 32.1 Å². The van der Waals surface area contributed by atoms with E-state index >= 15 is 0 Å². The number of hydrogen-bond acceptors (Lipinski definition) is 1. The number of rotatable bonds is 4. The third-order valence-corrected chi connectivity index (χ3v) is 3.93. The monoisotopic (exact) mass is 206 g/mol. The van der Waals surface area contributed by atoms with Gasteiger partial charge in [-0.2, -0.15) is 0 Å². The quantitative estimate of drug-likeness (QED) is 0.635. The normalized spacial score (nSPS) is 25.6. The van der Waals surface area contributed by atoms with Gasteiger partial charge in [-0.1, -0.05) is 37.5 Å². The molecule has 0 spiro atoms. The van der Waals surface area contributed by atoms with E-state index in [1.807, 2.05) is 6.08 Å². The Morgan fingerprint density at radius 2 is 1.87 bits per heavy atom. The summed E-state index contributed by atoms with van der Waals surface area (Å²) in [5.74, 6) is 0.779. The molecule has 0 aliphatic heterocycles. The highest BCUT2D eigenvalue weighted by Crippen LogP contribution is 2.42. The van der Waals surface area contributed by atoms with Crippen molar-refractivity contribution in [1.29, 1.82) is 0 Å². The maximum absolute atomic E-state index is 6.10. The smallest absolute Gasteiger partial charge is 0.0783 e. The van der Waals surface area contributed by atoms with Crippen molar-refractivity contribution in [2.75, 3.05) is 6.61 Å². The van der Waals surface area contributed by atoms with Crippen LogP contribution >= 0.6 is 0 Å². The van der Waals surface area contributed by atoms with Crippen LogP contribution in [0.25, 0.3) is 0 Å². The molecule has 0 aromatic heterocycles. The first-order chi connectivity index (χ1) is 7.37. The van der Waals surface area contributed by atoms with Crippen molar-refractivity contribution in [2.45, 2.75) is 50.5 Å². The fourth-order valence-electron chi connectivity index (χ4n) is 3.07. The van der Waals surface area contributed by atoms with Crippen LogP contribution in [0.5, 0.6) is 0 Å². The highest BCUT2D eigenvalue weighted by Gasteiger charge is 2.40. The second-order valence-electron chi connectivity index (χ2n) is 4.88. The van der Waals surface area contributed by atoms with Gasteiger partial charge in [0.2, 0.25) is 0 Å². The van der Waals surface area contributed by atoms with Crippen LogP contribution in [0.4, 0.5) is 0 Å². The van der Waals surface area contributed by atoms with E-state index in [9.17, 15) is 0 Å². The van der Waals surface area contributed by atoms with E-state index in [4.69, 9.17) is 4.74 Å². The molecule has 1 fully saturated rings. The summed E-state index contributed by atoms with van der Waals surface area (Å²) in [6, 6.07) is 0. The summed E-state index contributed by atoms with van der Waals surface area (Å²) in [7, 11) is 0. The molecule has 0 N–H and O–H groups in total. The lowest BCUT2D eigenvalue weighted by atomic mass is 9.75. The van der Waals surface area contributed by atoms with Crippen LogP contribution in [0.15, 0.2) is 24.8 Å². The van der Waals surface area contributed by atoms with E-state index in [0.29, 0.717) is 6.61 Å². The Morgan fingerprint density at radius 1 is 1.20 bits per heavy atom. The summed E-state index contributed by atoms with van der Waals surface area (Å²) in [5, 5.41) is 0. The van der Waals surface area contributed by atoms with E-state index in [1.54, 1.807) is 0 Å². The highest BCUT2D eigenvalue weighted by molar-refractivity contribution is 5.08. The number of hydrogen-bond donors (Lipinski definition) is 0. The molecular formula is C14H22O. The SMILES string of the molecule is C=CCOC1(C2CCCCC2)CC=CC1. The molecule has 0 unspecified atom stereocenters. The first-order valence-corrected chi connectivity index (χ1v) is 6.27. The van der Waals surface area contributed by atoms with Gasteiger partial charge >= 0.3 is 0 Å². The average molecular weight is 206 g/mol. The van der Waals surface area contributed by atoms with Gasteiger partial charge in [0.15, 0.2) is 0 Å². The largest absolute Gasteiger partial charge is 0.370 e. The van der Waals surface area contributed by atoms with E-state index < -0.39 is 0 Å². The predicted octanol–water partition coefficient (Wildman–Crippen LogP) is 3.86. The first-order valence-electron chi connectivity index (χ1n) is 6.27. The second kappa shape index (κ2) is 4.98. The zero-order chi connectivity index (χ0) is 10.6. The topological polar surface area (TPSA) is 9.23 Å². The Hall–Kier alpha value is -0.560. The number of ether oxygens (including phenoxy) is 1. The Labute approximate surface area is 93.2 Å². The lowest BCUT2D eigenvalue weighted by molar-refractivity contribution is -0.0763. The maximum atomic E-state index is 6.10. The van der Waals surface area contributed by atoms with Crippen LogP contribution in [0.2, 0.25) is 0 Å². The van der Waals surface area contributed by atoms with Crippen molar-refractivity contribution in [3.05, 3.63) is 24.8 Å². The van der Waals surface area contributed by atoms with Gasteiger partial charge < -0.3 is 4.74 Å². The minimum absolute atomic E-state index is 0.134. The van der Waals surface area contributed by atoms with Gasteiger partial charge in [-0.25, -0.2) is 0 Å². The summed E-state index contributed by atoms with van der Waals surface area (Å²) < 4.78 is 6.10.